The number of aromatic amines is 1. The maximum absolute atomic E-state index is 14.1. The average Bonchev–Trinajstić information content (AvgIpc) is 3.41. The molecule has 39 heavy (non-hydrogen) atoms. The zero-order valence-electron chi connectivity index (χ0n) is 22.5. The van der Waals surface area contributed by atoms with Gasteiger partial charge in [0.2, 0.25) is 0 Å². The highest BCUT2D eigenvalue weighted by Gasteiger charge is 2.29. The summed E-state index contributed by atoms with van der Waals surface area (Å²) < 4.78 is 6.40. The van der Waals surface area contributed by atoms with E-state index >= 15 is 0 Å². The molecule has 0 aliphatic carbocycles. The minimum Gasteiger partial charge on any atom is -0.491 e. The number of aromatic nitrogens is 2. The Morgan fingerprint density at radius 1 is 0.923 bits per heavy atom. The molecule has 0 saturated carbocycles. The van der Waals surface area contributed by atoms with E-state index < -0.39 is 0 Å². The monoisotopic (exact) mass is 524 g/mol. The number of H-pyrrole nitrogens is 1. The van der Waals surface area contributed by atoms with Gasteiger partial charge in [0.05, 0.1) is 17.1 Å². The molecular weight excluding hydrogens is 488 g/mol. The summed E-state index contributed by atoms with van der Waals surface area (Å²) in [7, 11) is 0. The fourth-order valence-electron chi connectivity index (χ4n) is 5.32. The number of fused-ring (bicyclic) bond motifs is 2. The van der Waals surface area contributed by atoms with E-state index in [0.29, 0.717) is 43.1 Å². The van der Waals surface area contributed by atoms with E-state index in [9.17, 15) is 9.59 Å². The molecule has 5 rings (SSSR count). The SMILES string of the molecule is CCN1CCCCCCN(C(=O)c2n[nH]c3ccccc23)[C@@H](Cc2ccccc2)COc2ccccc2C1=O. The summed E-state index contributed by atoms with van der Waals surface area (Å²) in [6.45, 7) is 4.26. The molecule has 2 heterocycles. The number of nitrogens with one attached hydrogen (secondary N) is 1. The standard InChI is InChI=1S/C32H36N4O3/c1-2-35-20-12-3-4-13-21-36(32(38)30-26-16-8-10-18-28(26)33-34-30)25(22-24-14-6-5-7-15-24)23-39-29-19-11-9-17-27(29)31(35)37/h5-11,14-19,25H,2-4,12-13,20-23H2,1H3,(H,33,34)/t25-/m0/s1. The highest BCUT2D eigenvalue weighted by atomic mass is 16.5. The number of hydrogen-bond acceptors (Lipinski definition) is 4. The van der Waals surface area contributed by atoms with Crippen LogP contribution in [0.2, 0.25) is 0 Å². The molecule has 1 aliphatic heterocycles. The van der Waals surface area contributed by atoms with Crippen LogP contribution in [-0.4, -0.2) is 64.1 Å². The molecule has 3 aromatic carbocycles. The molecular formula is C32H36N4O3. The molecule has 0 fully saturated rings. The molecule has 0 unspecified atom stereocenters. The van der Waals surface area contributed by atoms with Gasteiger partial charge in [0.1, 0.15) is 12.4 Å². The zero-order valence-corrected chi connectivity index (χ0v) is 22.5. The Kier molecular flexibility index (Phi) is 8.56. The van der Waals surface area contributed by atoms with E-state index in [1.165, 1.54) is 0 Å². The minimum absolute atomic E-state index is 0.0132. The second-order valence-corrected chi connectivity index (χ2v) is 10.1. The number of ether oxygens (including phenoxy) is 1. The number of rotatable bonds is 4. The zero-order chi connectivity index (χ0) is 27.0. The molecule has 1 atom stereocenters. The smallest absolute Gasteiger partial charge is 0.275 e. The van der Waals surface area contributed by atoms with Crippen molar-refractivity contribution in [2.75, 3.05) is 26.2 Å². The Balaban J connectivity index is 1.51. The van der Waals surface area contributed by atoms with Crippen molar-refractivity contribution in [1.82, 2.24) is 20.0 Å². The maximum atomic E-state index is 14.1. The van der Waals surface area contributed by atoms with Gasteiger partial charge in [-0.3, -0.25) is 14.7 Å². The van der Waals surface area contributed by atoms with Gasteiger partial charge in [-0.25, -0.2) is 0 Å². The summed E-state index contributed by atoms with van der Waals surface area (Å²) in [4.78, 5) is 31.4. The molecule has 202 valence electrons. The lowest BCUT2D eigenvalue weighted by molar-refractivity contribution is 0.0594. The van der Waals surface area contributed by atoms with Gasteiger partial charge in [0, 0.05) is 25.0 Å². The van der Waals surface area contributed by atoms with Crippen LogP contribution in [0.5, 0.6) is 5.75 Å². The Morgan fingerprint density at radius 2 is 1.64 bits per heavy atom. The summed E-state index contributed by atoms with van der Waals surface area (Å²) in [5.41, 5.74) is 2.95. The van der Waals surface area contributed by atoms with Crippen molar-refractivity contribution in [3.63, 3.8) is 0 Å². The highest BCUT2D eigenvalue weighted by Crippen LogP contribution is 2.24. The lowest BCUT2D eigenvalue weighted by atomic mass is 10.0. The van der Waals surface area contributed by atoms with Crippen LogP contribution in [-0.2, 0) is 6.42 Å². The van der Waals surface area contributed by atoms with Crippen molar-refractivity contribution in [2.24, 2.45) is 0 Å². The summed E-state index contributed by atoms with van der Waals surface area (Å²) in [5.74, 6) is 0.431. The maximum Gasteiger partial charge on any atom is 0.275 e. The van der Waals surface area contributed by atoms with Crippen molar-refractivity contribution in [1.29, 1.82) is 0 Å². The van der Waals surface area contributed by atoms with Crippen LogP contribution in [0.25, 0.3) is 10.9 Å². The molecule has 0 bridgehead atoms. The van der Waals surface area contributed by atoms with Gasteiger partial charge in [-0.2, -0.15) is 5.10 Å². The van der Waals surface area contributed by atoms with Crippen molar-refractivity contribution in [3.05, 3.63) is 95.7 Å². The van der Waals surface area contributed by atoms with Crippen molar-refractivity contribution < 1.29 is 14.3 Å². The predicted molar refractivity (Wildman–Crippen MR) is 153 cm³/mol. The second-order valence-electron chi connectivity index (χ2n) is 10.1. The Labute approximate surface area is 229 Å². The number of para-hydroxylation sites is 2. The van der Waals surface area contributed by atoms with Crippen LogP contribution < -0.4 is 4.74 Å². The third kappa shape index (κ3) is 6.14. The number of carbonyl (C=O) groups excluding carboxylic acids is 2. The Hall–Kier alpha value is -4.13. The van der Waals surface area contributed by atoms with E-state index in [-0.39, 0.29) is 24.5 Å². The average molecular weight is 525 g/mol. The summed E-state index contributed by atoms with van der Waals surface area (Å²) in [5, 5.41) is 8.25. The van der Waals surface area contributed by atoms with Crippen molar-refractivity contribution >= 4 is 22.7 Å². The van der Waals surface area contributed by atoms with Crippen LogP contribution in [0.15, 0.2) is 78.9 Å². The normalized spacial score (nSPS) is 17.4. The number of benzene rings is 3. The van der Waals surface area contributed by atoms with Crippen LogP contribution in [0.4, 0.5) is 0 Å². The van der Waals surface area contributed by atoms with E-state index in [0.717, 1.165) is 42.1 Å². The first-order chi connectivity index (χ1) is 19.2. The molecule has 7 nitrogen and oxygen atoms in total. The molecule has 0 saturated heterocycles. The molecule has 1 aliphatic rings. The molecule has 7 heteroatoms. The molecule has 0 radical (unpaired) electrons. The Bertz CT molecular complexity index is 1400. The van der Waals surface area contributed by atoms with Gasteiger partial charge in [-0.15, -0.1) is 0 Å². The first-order valence-corrected chi connectivity index (χ1v) is 13.9. The third-order valence-electron chi connectivity index (χ3n) is 7.48. The number of amides is 2. The van der Waals surface area contributed by atoms with Crippen LogP contribution in [0, 0.1) is 0 Å². The number of carbonyl (C=O) groups is 2. The van der Waals surface area contributed by atoms with Gasteiger partial charge < -0.3 is 14.5 Å². The summed E-state index contributed by atoms with van der Waals surface area (Å²) in [6.07, 6.45) is 4.40. The number of nitrogens with zero attached hydrogens (tertiary/aromatic N) is 3. The molecule has 1 aromatic heterocycles. The van der Waals surface area contributed by atoms with E-state index in [1.807, 2.05) is 83.5 Å². The minimum atomic E-state index is -0.247. The predicted octanol–water partition coefficient (Wildman–Crippen LogP) is 5.73. The summed E-state index contributed by atoms with van der Waals surface area (Å²) >= 11 is 0. The fourth-order valence-corrected chi connectivity index (χ4v) is 5.32. The van der Waals surface area contributed by atoms with Crippen molar-refractivity contribution in [2.45, 2.75) is 45.1 Å². The third-order valence-corrected chi connectivity index (χ3v) is 7.48. The lowest BCUT2D eigenvalue weighted by Crippen LogP contribution is -2.46. The van der Waals surface area contributed by atoms with E-state index in [2.05, 4.69) is 22.3 Å². The van der Waals surface area contributed by atoms with Crippen LogP contribution >= 0.6 is 0 Å². The largest absolute Gasteiger partial charge is 0.491 e. The van der Waals surface area contributed by atoms with Gasteiger partial charge in [0.15, 0.2) is 5.69 Å². The quantitative estimate of drug-likeness (QED) is 0.370. The highest BCUT2D eigenvalue weighted by molar-refractivity contribution is 6.04. The van der Waals surface area contributed by atoms with Gasteiger partial charge in [0.25, 0.3) is 11.8 Å². The molecule has 4 aromatic rings. The topological polar surface area (TPSA) is 78.5 Å². The number of hydrogen-bond donors (Lipinski definition) is 1. The van der Waals surface area contributed by atoms with Gasteiger partial charge >= 0.3 is 0 Å². The first kappa shape index (κ1) is 26.5. The van der Waals surface area contributed by atoms with Gasteiger partial charge in [-0.1, -0.05) is 73.5 Å². The molecule has 0 spiro atoms. The van der Waals surface area contributed by atoms with Crippen molar-refractivity contribution in [3.8, 4) is 5.75 Å². The summed E-state index contributed by atoms with van der Waals surface area (Å²) in [6, 6.07) is 25.1. The molecule has 2 amide bonds. The van der Waals surface area contributed by atoms with E-state index in [4.69, 9.17) is 4.74 Å². The second kappa shape index (κ2) is 12.6. The lowest BCUT2D eigenvalue weighted by Gasteiger charge is -2.32. The van der Waals surface area contributed by atoms with E-state index in [1.54, 1.807) is 0 Å². The fraction of sp³-hybridized carbons (Fsp3) is 0.344. The first-order valence-electron chi connectivity index (χ1n) is 13.9. The Morgan fingerprint density at radius 3 is 2.46 bits per heavy atom. The van der Waals surface area contributed by atoms with Gasteiger partial charge in [-0.05, 0) is 49.9 Å². The molecule has 1 N–H and O–H groups in total. The van der Waals surface area contributed by atoms with Crippen LogP contribution in [0.3, 0.4) is 0 Å². The van der Waals surface area contributed by atoms with Crippen LogP contribution in [0.1, 0.15) is 59.0 Å².